The summed E-state index contributed by atoms with van der Waals surface area (Å²) in [5, 5.41) is 3.23. The normalized spacial score (nSPS) is 10.4. The predicted octanol–water partition coefficient (Wildman–Crippen LogP) is 3.10. The van der Waals surface area contributed by atoms with E-state index in [1.165, 1.54) is 14.8 Å². The van der Waals surface area contributed by atoms with Crippen molar-refractivity contribution in [3.63, 3.8) is 0 Å². The molecule has 0 atom stereocenters. The lowest BCUT2D eigenvalue weighted by Crippen LogP contribution is -1.80. The number of hydrogen-bond acceptors (Lipinski definition) is 3. The third-order valence-corrected chi connectivity index (χ3v) is 3.39. The van der Waals surface area contributed by atoms with Crippen LogP contribution in [-0.4, -0.2) is 4.98 Å². The summed E-state index contributed by atoms with van der Waals surface area (Å²) in [6.07, 6.45) is 2.86. The Balaban J connectivity index is 2.14. The molecule has 0 bridgehead atoms. The van der Waals surface area contributed by atoms with E-state index in [0.717, 1.165) is 6.42 Å². The SMILES string of the molecule is Cc1ccc(Cc2nccs2)s1. The van der Waals surface area contributed by atoms with Crippen molar-refractivity contribution in [3.8, 4) is 0 Å². The van der Waals surface area contributed by atoms with Crippen LogP contribution in [0.4, 0.5) is 0 Å². The Kier molecular flexibility index (Phi) is 2.23. The standard InChI is InChI=1S/C9H9NS2/c1-7-2-3-8(12-7)6-9-10-4-5-11-9/h2-5H,6H2,1H3. The lowest BCUT2D eigenvalue weighted by atomic mass is 10.3. The van der Waals surface area contributed by atoms with Gasteiger partial charge in [-0.05, 0) is 19.1 Å². The largest absolute Gasteiger partial charge is 0.249 e. The Morgan fingerprint density at radius 3 is 2.92 bits per heavy atom. The number of aryl methyl sites for hydroxylation is 1. The number of rotatable bonds is 2. The smallest absolute Gasteiger partial charge is 0.0977 e. The molecule has 3 heteroatoms. The van der Waals surface area contributed by atoms with Gasteiger partial charge in [-0.25, -0.2) is 4.98 Å². The summed E-state index contributed by atoms with van der Waals surface area (Å²) in [4.78, 5) is 7.03. The Hall–Kier alpha value is -0.670. The fourth-order valence-electron chi connectivity index (χ4n) is 1.07. The van der Waals surface area contributed by atoms with Gasteiger partial charge < -0.3 is 0 Å². The van der Waals surface area contributed by atoms with E-state index in [2.05, 4.69) is 24.0 Å². The lowest BCUT2D eigenvalue weighted by Gasteiger charge is -1.89. The fraction of sp³-hybridized carbons (Fsp3) is 0.222. The quantitative estimate of drug-likeness (QED) is 0.717. The highest BCUT2D eigenvalue weighted by atomic mass is 32.1. The van der Waals surface area contributed by atoms with Crippen molar-refractivity contribution < 1.29 is 0 Å². The third-order valence-electron chi connectivity index (χ3n) is 1.60. The molecule has 12 heavy (non-hydrogen) atoms. The van der Waals surface area contributed by atoms with E-state index in [-0.39, 0.29) is 0 Å². The first-order chi connectivity index (χ1) is 5.84. The molecule has 0 aliphatic carbocycles. The summed E-state index contributed by atoms with van der Waals surface area (Å²) in [5.41, 5.74) is 0. The van der Waals surface area contributed by atoms with Gasteiger partial charge >= 0.3 is 0 Å². The maximum atomic E-state index is 4.25. The van der Waals surface area contributed by atoms with Gasteiger partial charge in [-0.2, -0.15) is 0 Å². The number of thiazole rings is 1. The summed E-state index contributed by atoms with van der Waals surface area (Å²) >= 11 is 3.58. The molecule has 2 aromatic rings. The van der Waals surface area contributed by atoms with Gasteiger partial charge in [-0.15, -0.1) is 22.7 Å². The first-order valence-corrected chi connectivity index (χ1v) is 5.48. The highest BCUT2D eigenvalue weighted by molar-refractivity contribution is 7.12. The average Bonchev–Trinajstić information content (AvgIpc) is 2.63. The Morgan fingerprint density at radius 2 is 2.33 bits per heavy atom. The lowest BCUT2D eigenvalue weighted by molar-refractivity contribution is 1.17. The summed E-state index contributed by atoms with van der Waals surface area (Å²) in [6, 6.07) is 4.34. The van der Waals surface area contributed by atoms with Crippen LogP contribution in [0.5, 0.6) is 0 Å². The van der Waals surface area contributed by atoms with Crippen LogP contribution in [-0.2, 0) is 6.42 Å². The van der Waals surface area contributed by atoms with Gasteiger partial charge in [0.2, 0.25) is 0 Å². The Bertz CT molecular complexity index is 348. The first kappa shape index (κ1) is 7.95. The molecule has 0 saturated heterocycles. The van der Waals surface area contributed by atoms with Crippen molar-refractivity contribution in [3.05, 3.63) is 38.5 Å². The molecule has 2 rings (SSSR count). The maximum Gasteiger partial charge on any atom is 0.0977 e. The zero-order chi connectivity index (χ0) is 8.39. The Labute approximate surface area is 79.7 Å². The second kappa shape index (κ2) is 3.37. The maximum absolute atomic E-state index is 4.25. The molecule has 2 aromatic heterocycles. The monoisotopic (exact) mass is 195 g/mol. The highest BCUT2D eigenvalue weighted by Crippen LogP contribution is 2.19. The van der Waals surface area contributed by atoms with E-state index in [9.17, 15) is 0 Å². The second-order valence-corrected chi connectivity index (χ2v) is 4.97. The Morgan fingerprint density at radius 1 is 1.42 bits per heavy atom. The van der Waals surface area contributed by atoms with Crippen molar-refractivity contribution in [2.45, 2.75) is 13.3 Å². The van der Waals surface area contributed by atoms with Crippen molar-refractivity contribution in [2.24, 2.45) is 0 Å². The van der Waals surface area contributed by atoms with Gasteiger partial charge in [0.1, 0.15) is 0 Å². The van der Waals surface area contributed by atoms with Gasteiger partial charge in [0.05, 0.1) is 5.01 Å². The van der Waals surface area contributed by atoms with Crippen LogP contribution >= 0.6 is 22.7 Å². The molecule has 0 aliphatic heterocycles. The minimum absolute atomic E-state index is 0.996. The van der Waals surface area contributed by atoms with E-state index in [0.29, 0.717) is 0 Å². The molecule has 0 radical (unpaired) electrons. The fourth-order valence-corrected chi connectivity index (χ4v) is 2.69. The van der Waals surface area contributed by atoms with E-state index >= 15 is 0 Å². The van der Waals surface area contributed by atoms with Gasteiger partial charge in [-0.1, -0.05) is 0 Å². The number of hydrogen-bond donors (Lipinski definition) is 0. The zero-order valence-corrected chi connectivity index (χ0v) is 8.41. The van der Waals surface area contributed by atoms with Crippen molar-refractivity contribution in [2.75, 3.05) is 0 Å². The van der Waals surface area contributed by atoms with Gasteiger partial charge in [-0.3, -0.25) is 0 Å². The molecule has 0 spiro atoms. The first-order valence-electron chi connectivity index (χ1n) is 3.78. The minimum Gasteiger partial charge on any atom is -0.249 e. The van der Waals surface area contributed by atoms with Crippen LogP contribution < -0.4 is 0 Å². The minimum atomic E-state index is 0.996. The second-order valence-electron chi connectivity index (χ2n) is 2.61. The number of aromatic nitrogens is 1. The van der Waals surface area contributed by atoms with Crippen LogP contribution in [0, 0.1) is 6.92 Å². The zero-order valence-electron chi connectivity index (χ0n) is 6.78. The van der Waals surface area contributed by atoms with Crippen LogP contribution in [0.2, 0.25) is 0 Å². The van der Waals surface area contributed by atoms with Crippen LogP contribution in [0.25, 0.3) is 0 Å². The molecule has 0 aliphatic rings. The van der Waals surface area contributed by atoms with E-state index in [1.807, 2.05) is 22.9 Å². The molecular weight excluding hydrogens is 186 g/mol. The molecule has 0 amide bonds. The third kappa shape index (κ3) is 1.73. The molecule has 0 fully saturated rings. The molecular formula is C9H9NS2. The van der Waals surface area contributed by atoms with Crippen LogP contribution in [0.1, 0.15) is 14.8 Å². The number of thiophene rings is 1. The summed E-state index contributed by atoms with van der Waals surface area (Å²) in [5.74, 6) is 0. The molecule has 62 valence electrons. The topological polar surface area (TPSA) is 12.9 Å². The highest BCUT2D eigenvalue weighted by Gasteiger charge is 2.00. The van der Waals surface area contributed by atoms with Gasteiger partial charge in [0.15, 0.2) is 0 Å². The van der Waals surface area contributed by atoms with E-state index in [4.69, 9.17) is 0 Å². The molecule has 1 nitrogen and oxygen atoms in total. The van der Waals surface area contributed by atoms with Crippen molar-refractivity contribution in [1.29, 1.82) is 0 Å². The molecule has 0 aromatic carbocycles. The average molecular weight is 195 g/mol. The van der Waals surface area contributed by atoms with Crippen LogP contribution in [0.15, 0.2) is 23.7 Å². The molecule has 0 saturated carbocycles. The van der Waals surface area contributed by atoms with Crippen molar-refractivity contribution in [1.82, 2.24) is 4.98 Å². The van der Waals surface area contributed by atoms with Crippen molar-refractivity contribution >= 4 is 22.7 Å². The number of nitrogens with zero attached hydrogens (tertiary/aromatic N) is 1. The predicted molar refractivity (Wildman–Crippen MR) is 54.0 cm³/mol. The molecule has 0 N–H and O–H groups in total. The van der Waals surface area contributed by atoms with Gasteiger partial charge in [0, 0.05) is 27.8 Å². The summed E-state index contributed by atoms with van der Waals surface area (Å²) < 4.78 is 0. The summed E-state index contributed by atoms with van der Waals surface area (Å²) in [6.45, 7) is 2.13. The van der Waals surface area contributed by atoms with E-state index < -0.39 is 0 Å². The summed E-state index contributed by atoms with van der Waals surface area (Å²) in [7, 11) is 0. The molecule has 2 heterocycles. The van der Waals surface area contributed by atoms with Crippen LogP contribution in [0.3, 0.4) is 0 Å². The van der Waals surface area contributed by atoms with E-state index in [1.54, 1.807) is 11.3 Å². The molecule has 0 unspecified atom stereocenters. The van der Waals surface area contributed by atoms with Gasteiger partial charge in [0.25, 0.3) is 0 Å².